The molecule has 4 heteroatoms. The third-order valence-electron chi connectivity index (χ3n) is 3.96. The molecule has 0 aliphatic carbocycles. The summed E-state index contributed by atoms with van der Waals surface area (Å²) in [4.78, 5) is 25.4. The maximum Gasteiger partial charge on any atom is 0.227 e. The summed E-state index contributed by atoms with van der Waals surface area (Å²) in [5.74, 6) is 0.172. The molecule has 1 aromatic carbocycles. The number of aryl methyl sites for hydroxylation is 2. The van der Waals surface area contributed by atoms with Crippen LogP contribution in [-0.4, -0.2) is 29.8 Å². The van der Waals surface area contributed by atoms with Crippen molar-refractivity contribution >= 4 is 17.5 Å². The summed E-state index contributed by atoms with van der Waals surface area (Å²) >= 11 is 0. The molecule has 0 aromatic heterocycles. The van der Waals surface area contributed by atoms with Gasteiger partial charge in [-0.2, -0.15) is 0 Å². The van der Waals surface area contributed by atoms with Crippen molar-refractivity contribution in [1.29, 1.82) is 0 Å². The van der Waals surface area contributed by atoms with Crippen molar-refractivity contribution < 1.29 is 9.59 Å². The molecule has 0 spiro atoms. The predicted octanol–water partition coefficient (Wildman–Crippen LogP) is 2.50. The smallest absolute Gasteiger partial charge is 0.227 e. The largest absolute Gasteiger partial charge is 0.343 e. The van der Waals surface area contributed by atoms with Gasteiger partial charge < -0.3 is 10.2 Å². The zero-order valence-electron chi connectivity index (χ0n) is 12.4. The molecule has 20 heavy (non-hydrogen) atoms. The quantitative estimate of drug-likeness (QED) is 0.900. The van der Waals surface area contributed by atoms with Crippen LogP contribution in [0, 0.1) is 19.8 Å². The number of piperidine rings is 1. The van der Waals surface area contributed by atoms with Crippen molar-refractivity contribution in [1.82, 2.24) is 4.90 Å². The average molecular weight is 274 g/mol. The van der Waals surface area contributed by atoms with E-state index in [-0.39, 0.29) is 17.7 Å². The number of benzene rings is 1. The first kappa shape index (κ1) is 14.6. The van der Waals surface area contributed by atoms with E-state index < -0.39 is 0 Å². The molecule has 1 heterocycles. The molecule has 4 nitrogen and oxygen atoms in total. The Hall–Kier alpha value is -1.84. The van der Waals surface area contributed by atoms with Gasteiger partial charge in [-0.05, 0) is 43.9 Å². The van der Waals surface area contributed by atoms with Crippen LogP contribution in [-0.2, 0) is 9.59 Å². The number of anilines is 1. The number of amides is 2. The fraction of sp³-hybridized carbons (Fsp3) is 0.500. The second-order valence-electron chi connectivity index (χ2n) is 5.59. The minimum absolute atomic E-state index is 0.00510. The Labute approximate surface area is 120 Å². The molecule has 1 aromatic rings. The van der Waals surface area contributed by atoms with Crippen LogP contribution < -0.4 is 5.32 Å². The number of carbonyl (C=O) groups is 2. The fourth-order valence-electron chi connectivity index (χ4n) is 2.56. The highest BCUT2D eigenvalue weighted by Crippen LogP contribution is 2.22. The molecule has 2 amide bonds. The molecule has 0 bridgehead atoms. The topological polar surface area (TPSA) is 49.4 Å². The summed E-state index contributed by atoms with van der Waals surface area (Å²) in [6.07, 6.45) is 1.49. The van der Waals surface area contributed by atoms with Crippen molar-refractivity contribution in [3.05, 3.63) is 29.3 Å². The maximum atomic E-state index is 12.3. The number of carbonyl (C=O) groups excluding carboxylic acids is 2. The third kappa shape index (κ3) is 3.38. The Morgan fingerprint density at radius 3 is 2.45 bits per heavy atom. The van der Waals surface area contributed by atoms with Gasteiger partial charge in [-0.1, -0.05) is 12.1 Å². The van der Waals surface area contributed by atoms with Crippen molar-refractivity contribution in [2.75, 3.05) is 18.4 Å². The van der Waals surface area contributed by atoms with Crippen molar-refractivity contribution in [3.63, 3.8) is 0 Å². The predicted molar refractivity (Wildman–Crippen MR) is 79.5 cm³/mol. The number of rotatable bonds is 2. The molecule has 1 fully saturated rings. The van der Waals surface area contributed by atoms with Gasteiger partial charge in [0.25, 0.3) is 0 Å². The monoisotopic (exact) mass is 274 g/mol. The zero-order chi connectivity index (χ0) is 14.7. The summed E-state index contributed by atoms with van der Waals surface area (Å²) < 4.78 is 0. The van der Waals surface area contributed by atoms with Gasteiger partial charge in [-0.25, -0.2) is 0 Å². The summed E-state index contributed by atoms with van der Waals surface area (Å²) in [6.45, 7) is 6.95. The van der Waals surface area contributed by atoms with Gasteiger partial charge in [-0.15, -0.1) is 0 Å². The van der Waals surface area contributed by atoms with E-state index in [9.17, 15) is 9.59 Å². The van der Waals surface area contributed by atoms with Crippen LogP contribution in [0.3, 0.4) is 0 Å². The summed E-state index contributed by atoms with van der Waals surface area (Å²) in [6, 6.07) is 6.05. The summed E-state index contributed by atoms with van der Waals surface area (Å²) in [5, 5.41) is 3.02. The molecule has 0 saturated carbocycles. The fourth-order valence-corrected chi connectivity index (χ4v) is 2.56. The molecule has 2 rings (SSSR count). The van der Waals surface area contributed by atoms with Gasteiger partial charge in [0.15, 0.2) is 0 Å². The maximum absolute atomic E-state index is 12.3. The van der Waals surface area contributed by atoms with E-state index in [0.717, 1.165) is 29.7 Å². The number of nitrogens with one attached hydrogen (secondary N) is 1. The van der Waals surface area contributed by atoms with Crippen molar-refractivity contribution in [2.45, 2.75) is 33.6 Å². The van der Waals surface area contributed by atoms with E-state index in [0.29, 0.717) is 13.1 Å². The zero-order valence-corrected chi connectivity index (χ0v) is 12.4. The molecule has 0 radical (unpaired) electrons. The van der Waals surface area contributed by atoms with Gasteiger partial charge in [0.2, 0.25) is 11.8 Å². The first-order valence-electron chi connectivity index (χ1n) is 7.11. The Bertz CT molecular complexity index is 517. The third-order valence-corrected chi connectivity index (χ3v) is 3.96. The molecule has 108 valence electrons. The average Bonchev–Trinajstić information content (AvgIpc) is 2.43. The number of hydrogen-bond acceptors (Lipinski definition) is 2. The lowest BCUT2D eigenvalue weighted by molar-refractivity contribution is -0.132. The highest BCUT2D eigenvalue weighted by molar-refractivity contribution is 5.93. The van der Waals surface area contributed by atoms with Gasteiger partial charge in [-0.3, -0.25) is 9.59 Å². The van der Waals surface area contributed by atoms with Crippen LogP contribution in [0.4, 0.5) is 5.69 Å². The molecule has 1 aliphatic rings. The van der Waals surface area contributed by atoms with E-state index >= 15 is 0 Å². The number of hydrogen-bond donors (Lipinski definition) is 1. The van der Waals surface area contributed by atoms with Gasteiger partial charge in [0, 0.05) is 31.6 Å². The van der Waals surface area contributed by atoms with Crippen molar-refractivity contribution in [2.24, 2.45) is 5.92 Å². The Morgan fingerprint density at radius 2 is 1.85 bits per heavy atom. The van der Waals surface area contributed by atoms with Crippen LogP contribution >= 0.6 is 0 Å². The molecule has 0 unspecified atom stereocenters. The SMILES string of the molecule is CC(=O)N1CCC(C(=O)Nc2cc(C)ccc2C)CC1. The van der Waals surface area contributed by atoms with E-state index in [1.807, 2.05) is 36.9 Å². The summed E-state index contributed by atoms with van der Waals surface area (Å²) in [5.41, 5.74) is 3.10. The summed E-state index contributed by atoms with van der Waals surface area (Å²) in [7, 11) is 0. The van der Waals surface area contributed by atoms with E-state index in [1.165, 1.54) is 0 Å². The van der Waals surface area contributed by atoms with Gasteiger partial charge in [0.05, 0.1) is 0 Å². The number of likely N-dealkylation sites (tertiary alicyclic amines) is 1. The van der Waals surface area contributed by atoms with E-state index in [1.54, 1.807) is 6.92 Å². The Kier molecular flexibility index (Phi) is 4.42. The molecular formula is C16H22N2O2. The standard InChI is InChI=1S/C16H22N2O2/c1-11-4-5-12(2)15(10-11)17-16(20)14-6-8-18(9-7-14)13(3)19/h4-5,10,14H,6-9H2,1-3H3,(H,17,20). The van der Waals surface area contributed by atoms with E-state index in [4.69, 9.17) is 0 Å². The highest BCUT2D eigenvalue weighted by atomic mass is 16.2. The van der Waals surface area contributed by atoms with Crippen molar-refractivity contribution in [3.8, 4) is 0 Å². The second kappa shape index (κ2) is 6.07. The first-order chi connectivity index (χ1) is 9.47. The second-order valence-corrected chi connectivity index (χ2v) is 5.59. The van der Waals surface area contributed by atoms with Gasteiger partial charge in [0.1, 0.15) is 0 Å². The lowest BCUT2D eigenvalue weighted by Gasteiger charge is -2.30. The molecular weight excluding hydrogens is 252 g/mol. The molecule has 1 saturated heterocycles. The molecule has 1 N–H and O–H groups in total. The lowest BCUT2D eigenvalue weighted by atomic mass is 9.95. The highest BCUT2D eigenvalue weighted by Gasteiger charge is 2.26. The van der Waals surface area contributed by atoms with E-state index in [2.05, 4.69) is 5.32 Å². The molecule has 1 aliphatic heterocycles. The van der Waals surface area contributed by atoms with Gasteiger partial charge >= 0.3 is 0 Å². The number of nitrogens with zero attached hydrogens (tertiary/aromatic N) is 1. The van der Waals surface area contributed by atoms with Crippen LogP contribution in [0.25, 0.3) is 0 Å². The van der Waals surface area contributed by atoms with Crippen LogP contribution in [0.1, 0.15) is 30.9 Å². The Morgan fingerprint density at radius 1 is 1.20 bits per heavy atom. The van der Waals surface area contributed by atoms with Crippen LogP contribution in [0.2, 0.25) is 0 Å². The minimum Gasteiger partial charge on any atom is -0.343 e. The minimum atomic E-state index is 0.00510. The Balaban J connectivity index is 1.96. The molecule has 0 atom stereocenters. The van der Waals surface area contributed by atoms with Crippen LogP contribution in [0.5, 0.6) is 0 Å². The van der Waals surface area contributed by atoms with Crippen LogP contribution in [0.15, 0.2) is 18.2 Å². The first-order valence-corrected chi connectivity index (χ1v) is 7.11. The normalized spacial score (nSPS) is 16.1. The lowest BCUT2D eigenvalue weighted by Crippen LogP contribution is -2.40.